The lowest BCUT2D eigenvalue weighted by Crippen LogP contribution is -2.26. The van der Waals surface area contributed by atoms with Gasteiger partial charge in [0.15, 0.2) is 0 Å². The van der Waals surface area contributed by atoms with Crippen LogP contribution in [0, 0.1) is 6.92 Å². The quantitative estimate of drug-likeness (QED) is 0.684. The van der Waals surface area contributed by atoms with Crippen LogP contribution in [0.25, 0.3) is 10.9 Å². The second-order valence-corrected chi connectivity index (χ2v) is 5.51. The van der Waals surface area contributed by atoms with E-state index in [2.05, 4.69) is 4.98 Å². The molecule has 0 saturated carbocycles. The van der Waals surface area contributed by atoms with Crippen molar-refractivity contribution >= 4 is 16.6 Å². The number of hydrogen-bond donors (Lipinski definition) is 2. The van der Waals surface area contributed by atoms with Gasteiger partial charge in [0, 0.05) is 16.6 Å². The van der Waals surface area contributed by atoms with E-state index in [0.717, 1.165) is 22.0 Å². The van der Waals surface area contributed by atoms with Gasteiger partial charge in [-0.1, -0.05) is 26.8 Å². The van der Waals surface area contributed by atoms with Crippen molar-refractivity contribution in [3.8, 4) is 0 Å². The van der Waals surface area contributed by atoms with Gasteiger partial charge in [-0.05, 0) is 30.0 Å². The summed E-state index contributed by atoms with van der Waals surface area (Å²) in [6.07, 6.45) is 0. The smallest absolute Gasteiger partial charge is 0.252 e. The average Bonchev–Trinajstić information content (AvgIpc) is 2.13. The molecule has 3 N–H and O–H groups in total. The Hall–Kier alpha value is -1.77. The maximum absolute atomic E-state index is 12.1. The third-order valence-corrected chi connectivity index (χ3v) is 3.05. The van der Waals surface area contributed by atoms with Crippen LogP contribution in [0.1, 0.15) is 31.9 Å². The SMILES string of the molecule is Cc1c(C(C)(C)C)c(=O)[nH]c2cc(N)ccc12. The van der Waals surface area contributed by atoms with Crippen LogP contribution in [0.15, 0.2) is 23.0 Å². The Balaban J connectivity index is 2.91. The summed E-state index contributed by atoms with van der Waals surface area (Å²) in [4.78, 5) is 15.0. The number of anilines is 1. The zero-order valence-electron chi connectivity index (χ0n) is 10.7. The molecule has 90 valence electrons. The van der Waals surface area contributed by atoms with Crippen molar-refractivity contribution in [3.05, 3.63) is 39.7 Å². The summed E-state index contributed by atoms with van der Waals surface area (Å²) in [6, 6.07) is 5.63. The largest absolute Gasteiger partial charge is 0.399 e. The van der Waals surface area contributed by atoms with Gasteiger partial charge < -0.3 is 10.7 Å². The third-order valence-electron chi connectivity index (χ3n) is 3.05. The Kier molecular flexibility index (Phi) is 2.49. The first-order valence-electron chi connectivity index (χ1n) is 5.73. The van der Waals surface area contributed by atoms with E-state index >= 15 is 0 Å². The van der Waals surface area contributed by atoms with Gasteiger partial charge >= 0.3 is 0 Å². The third kappa shape index (κ3) is 1.93. The molecule has 0 aliphatic rings. The number of benzene rings is 1. The molecule has 0 spiro atoms. The average molecular weight is 230 g/mol. The molecule has 1 aromatic carbocycles. The van der Waals surface area contributed by atoms with Gasteiger partial charge in [0.2, 0.25) is 0 Å². The molecule has 3 nitrogen and oxygen atoms in total. The second-order valence-electron chi connectivity index (χ2n) is 5.51. The zero-order valence-corrected chi connectivity index (χ0v) is 10.7. The number of aromatic amines is 1. The summed E-state index contributed by atoms with van der Waals surface area (Å²) < 4.78 is 0. The van der Waals surface area contributed by atoms with Crippen molar-refractivity contribution < 1.29 is 0 Å². The van der Waals surface area contributed by atoms with Crippen molar-refractivity contribution in [3.63, 3.8) is 0 Å². The molecule has 0 amide bonds. The minimum atomic E-state index is -0.159. The number of H-pyrrole nitrogens is 1. The summed E-state index contributed by atoms with van der Waals surface area (Å²) >= 11 is 0. The molecule has 17 heavy (non-hydrogen) atoms. The van der Waals surface area contributed by atoms with E-state index in [4.69, 9.17) is 5.73 Å². The number of nitrogens with one attached hydrogen (secondary N) is 1. The summed E-state index contributed by atoms with van der Waals surface area (Å²) in [5.74, 6) is 0. The van der Waals surface area contributed by atoms with Crippen molar-refractivity contribution in [2.45, 2.75) is 33.1 Å². The lowest BCUT2D eigenvalue weighted by Gasteiger charge is -2.21. The topological polar surface area (TPSA) is 58.9 Å². The molecule has 3 heteroatoms. The number of aromatic nitrogens is 1. The first-order valence-corrected chi connectivity index (χ1v) is 5.73. The Bertz CT molecular complexity index is 633. The van der Waals surface area contributed by atoms with Crippen LogP contribution in [-0.4, -0.2) is 4.98 Å². The van der Waals surface area contributed by atoms with E-state index < -0.39 is 0 Å². The number of aryl methyl sites for hydroxylation is 1. The van der Waals surface area contributed by atoms with Gasteiger partial charge in [0.25, 0.3) is 5.56 Å². The van der Waals surface area contributed by atoms with Crippen molar-refractivity contribution in [1.82, 2.24) is 4.98 Å². The normalized spacial score (nSPS) is 12.0. The van der Waals surface area contributed by atoms with Crippen LogP contribution in [-0.2, 0) is 5.41 Å². The standard InChI is InChI=1S/C14H18N2O/c1-8-10-6-5-9(15)7-11(10)16-13(17)12(8)14(2,3)4/h5-7H,15H2,1-4H3,(H,16,17). The number of fused-ring (bicyclic) bond motifs is 1. The molecule has 2 rings (SSSR count). The first kappa shape index (κ1) is 11.7. The van der Waals surface area contributed by atoms with Crippen LogP contribution in [0.5, 0.6) is 0 Å². The summed E-state index contributed by atoms with van der Waals surface area (Å²) in [7, 11) is 0. The summed E-state index contributed by atoms with van der Waals surface area (Å²) in [6.45, 7) is 8.14. The number of hydrogen-bond acceptors (Lipinski definition) is 2. The van der Waals surface area contributed by atoms with Crippen LogP contribution in [0.3, 0.4) is 0 Å². The molecule has 0 aliphatic heterocycles. The lowest BCUT2D eigenvalue weighted by atomic mass is 9.84. The van der Waals surface area contributed by atoms with Gasteiger partial charge in [-0.25, -0.2) is 0 Å². The van der Waals surface area contributed by atoms with Gasteiger partial charge in [-0.15, -0.1) is 0 Å². The lowest BCUT2D eigenvalue weighted by molar-refractivity contribution is 0.579. The number of nitrogen functional groups attached to an aromatic ring is 1. The summed E-state index contributed by atoms with van der Waals surface area (Å²) in [5.41, 5.74) is 8.90. The van der Waals surface area contributed by atoms with Crippen LogP contribution >= 0.6 is 0 Å². The highest BCUT2D eigenvalue weighted by Gasteiger charge is 2.21. The molecule has 1 heterocycles. The maximum Gasteiger partial charge on any atom is 0.252 e. The van der Waals surface area contributed by atoms with Crippen LogP contribution in [0.4, 0.5) is 5.69 Å². The molecule has 0 bridgehead atoms. The zero-order chi connectivity index (χ0) is 12.8. The minimum Gasteiger partial charge on any atom is -0.399 e. The molecular weight excluding hydrogens is 212 g/mol. The van der Waals surface area contributed by atoms with E-state index in [1.165, 1.54) is 0 Å². The molecular formula is C14H18N2O. The highest BCUT2D eigenvalue weighted by Crippen LogP contribution is 2.27. The summed E-state index contributed by atoms with van der Waals surface area (Å²) in [5, 5.41) is 1.06. The fourth-order valence-electron chi connectivity index (χ4n) is 2.39. The number of pyridine rings is 1. The Morgan fingerprint density at radius 2 is 1.88 bits per heavy atom. The molecule has 0 unspecified atom stereocenters. The molecule has 2 aromatic rings. The molecule has 0 saturated heterocycles. The molecule has 0 fully saturated rings. The number of nitrogens with two attached hydrogens (primary N) is 1. The molecule has 0 radical (unpaired) electrons. The highest BCUT2D eigenvalue weighted by molar-refractivity contribution is 5.85. The predicted molar refractivity (Wildman–Crippen MR) is 72.4 cm³/mol. The van der Waals surface area contributed by atoms with E-state index in [1.807, 2.05) is 39.8 Å². The predicted octanol–water partition coefficient (Wildman–Crippen LogP) is 2.72. The highest BCUT2D eigenvalue weighted by atomic mass is 16.1. The van der Waals surface area contributed by atoms with Gasteiger partial charge in [-0.3, -0.25) is 4.79 Å². The molecule has 0 atom stereocenters. The second kappa shape index (κ2) is 3.62. The van der Waals surface area contributed by atoms with Crippen molar-refractivity contribution in [2.75, 3.05) is 5.73 Å². The molecule has 0 aliphatic carbocycles. The Labute approximate surface area is 101 Å². The Morgan fingerprint density at radius 3 is 2.47 bits per heavy atom. The van der Waals surface area contributed by atoms with Gasteiger partial charge in [0.05, 0.1) is 5.52 Å². The minimum absolute atomic E-state index is 0.0203. The maximum atomic E-state index is 12.1. The fraction of sp³-hybridized carbons (Fsp3) is 0.357. The van der Waals surface area contributed by atoms with Crippen molar-refractivity contribution in [1.29, 1.82) is 0 Å². The van der Waals surface area contributed by atoms with Crippen molar-refractivity contribution in [2.24, 2.45) is 0 Å². The fourth-order valence-corrected chi connectivity index (χ4v) is 2.39. The van der Waals surface area contributed by atoms with Gasteiger partial charge in [-0.2, -0.15) is 0 Å². The van der Waals surface area contributed by atoms with E-state index in [0.29, 0.717) is 5.69 Å². The van der Waals surface area contributed by atoms with E-state index in [1.54, 1.807) is 6.07 Å². The first-order chi connectivity index (χ1) is 7.80. The van der Waals surface area contributed by atoms with E-state index in [9.17, 15) is 4.79 Å². The van der Waals surface area contributed by atoms with Crippen LogP contribution in [0.2, 0.25) is 0 Å². The number of rotatable bonds is 0. The monoisotopic (exact) mass is 230 g/mol. The van der Waals surface area contributed by atoms with E-state index in [-0.39, 0.29) is 11.0 Å². The van der Waals surface area contributed by atoms with Gasteiger partial charge in [0.1, 0.15) is 0 Å². The molecule has 1 aromatic heterocycles. The van der Waals surface area contributed by atoms with Crippen LogP contribution < -0.4 is 11.3 Å². The Morgan fingerprint density at radius 1 is 1.24 bits per heavy atom.